The Balaban J connectivity index is 2.04. The zero-order valence-corrected chi connectivity index (χ0v) is 12.0. The summed E-state index contributed by atoms with van der Waals surface area (Å²) < 4.78 is 5.37. The Morgan fingerprint density at radius 1 is 1.32 bits per heavy atom. The molecule has 0 bridgehead atoms. The van der Waals surface area contributed by atoms with E-state index in [4.69, 9.17) is 10.5 Å². The first-order valence-corrected chi connectivity index (χ1v) is 6.85. The van der Waals surface area contributed by atoms with E-state index < -0.39 is 11.1 Å². The molecule has 1 unspecified atom stereocenters. The van der Waals surface area contributed by atoms with Crippen molar-refractivity contribution in [1.29, 1.82) is 0 Å². The van der Waals surface area contributed by atoms with Crippen molar-refractivity contribution in [3.8, 4) is 0 Å². The minimum Gasteiger partial charge on any atom is -0.460 e. The first-order chi connectivity index (χ1) is 8.77. The third-order valence-corrected chi connectivity index (χ3v) is 3.47. The standard InChI is InChI=1S/C16H23NO2/c1-15(2,3)19-14(18)11-16(17)9-8-12-6-4-5-7-13(12)10-16/h4-7H,8-11,17H2,1-3H3. The van der Waals surface area contributed by atoms with Gasteiger partial charge in [-0.1, -0.05) is 24.3 Å². The average molecular weight is 261 g/mol. The molecule has 0 aliphatic heterocycles. The second-order valence-electron chi connectivity index (χ2n) is 6.57. The van der Waals surface area contributed by atoms with Gasteiger partial charge < -0.3 is 10.5 Å². The van der Waals surface area contributed by atoms with E-state index in [2.05, 4.69) is 18.2 Å². The topological polar surface area (TPSA) is 52.3 Å². The van der Waals surface area contributed by atoms with Crippen LogP contribution in [0.15, 0.2) is 24.3 Å². The molecule has 1 aromatic rings. The van der Waals surface area contributed by atoms with E-state index in [9.17, 15) is 4.79 Å². The molecule has 2 N–H and O–H groups in total. The Hall–Kier alpha value is -1.35. The molecule has 0 amide bonds. The number of hydrogen-bond acceptors (Lipinski definition) is 3. The van der Waals surface area contributed by atoms with Crippen LogP contribution in [0.5, 0.6) is 0 Å². The molecule has 3 nitrogen and oxygen atoms in total. The Morgan fingerprint density at radius 3 is 2.58 bits per heavy atom. The summed E-state index contributed by atoms with van der Waals surface area (Å²) in [7, 11) is 0. The monoisotopic (exact) mass is 261 g/mol. The van der Waals surface area contributed by atoms with E-state index in [1.807, 2.05) is 26.8 Å². The zero-order chi connectivity index (χ0) is 14.1. The molecule has 0 spiro atoms. The van der Waals surface area contributed by atoms with Crippen LogP contribution in [0, 0.1) is 0 Å². The van der Waals surface area contributed by atoms with Crippen LogP contribution < -0.4 is 5.73 Å². The van der Waals surface area contributed by atoms with Gasteiger partial charge in [0.1, 0.15) is 5.60 Å². The van der Waals surface area contributed by atoms with Gasteiger partial charge in [-0.3, -0.25) is 4.79 Å². The third kappa shape index (κ3) is 3.80. The SMILES string of the molecule is CC(C)(C)OC(=O)CC1(N)CCc2ccccc2C1. The van der Waals surface area contributed by atoms with Crippen molar-refractivity contribution in [1.82, 2.24) is 0 Å². The summed E-state index contributed by atoms with van der Waals surface area (Å²) in [5.41, 5.74) is 8.10. The van der Waals surface area contributed by atoms with Crippen molar-refractivity contribution in [2.45, 2.75) is 57.6 Å². The summed E-state index contributed by atoms with van der Waals surface area (Å²) in [5.74, 6) is -0.200. The van der Waals surface area contributed by atoms with Crippen LogP contribution in [0.3, 0.4) is 0 Å². The van der Waals surface area contributed by atoms with Crippen LogP contribution in [0.25, 0.3) is 0 Å². The summed E-state index contributed by atoms with van der Waals surface area (Å²) in [5, 5.41) is 0. The number of esters is 1. The third-order valence-electron chi connectivity index (χ3n) is 3.47. The number of carbonyl (C=O) groups excluding carboxylic acids is 1. The zero-order valence-electron chi connectivity index (χ0n) is 12.0. The highest BCUT2D eigenvalue weighted by Gasteiger charge is 2.34. The summed E-state index contributed by atoms with van der Waals surface area (Å²) in [4.78, 5) is 11.9. The van der Waals surface area contributed by atoms with Crippen LogP contribution in [-0.4, -0.2) is 17.1 Å². The molecule has 0 radical (unpaired) electrons. The van der Waals surface area contributed by atoms with Crippen LogP contribution in [0.2, 0.25) is 0 Å². The maximum absolute atomic E-state index is 11.9. The minimum atomic E-state index is -0.462. The first kappa shape index (κ1) is 14.1. The number of ether oxygens (including phenoxy) is 1. The van der Waals surface area contributed by atoms with Crippen molar-refractivity contribution >= 4 is 5.97 Å². The number of fused-ring (bicyclic) bond motifs is 1. The largest absolute Gasteiger partial charge is 0.460 e. The molecule has 19 heavy (non-hydrogen) atoms. The summed E-state index contributed by atoms with van der Waals surface area (Å²) >= 11 is 0. The normalized spacial score (nSPS) is 22.7. The maximum Gasteiger partial charge on any atom is 0.308 e. The van der Waals surface area contributed by atoms with Gasteiger partial charge in [0, 0.05) is 5.54 Å². The molecule has 1 atom stereocenters. The first-order valence-electron chi connectivity index (χ1n) is 6.85. The van der Waals surface area contributed by atoms with Gasteiger partial charge in [0.05, 0.1) is 6.42 Å². The van der Waals surface area contributed by atoms with Gasteiger partial charge in [0.2, 0.25) is 0 Å². The predicted octanol–water partition coefficient (Wildman–Crippen LogP) is 2.60. The quantitative estimate of drug-likeness (QED) is 0.833. The van der Waals surface area contributed by atoms with Gasteiger partial charge in [0.15, 0.2) is 0 Å². The van der Waals surface area contributed by atoms with Crippen molar-refractivity contribution < 1.29 is 9.53 Å². The Kier molecular flexibility index (Phi) is 3.68. The fourth-order valence-electron chi connectivity index (χ4n) is 2.64. The average Bonchev–Trinajstić information content (AvgIpc) is 2.25. The molecule has 1 aliphatic carbocycles. The van der Waals surface area contributed by atoms with Crippen LogP contribution >= 0.6 is 0 Å². The maximum atomic E-state index is 11.9. The number of rotatable bonds is 2. The number of hydrogen-bond donors (Lipinski definition) is 1. The molecule has 3 heteroatoms. The van der Waals surface area contributed by atoms with Crippen molar-refractivity contribution in [2.24, 2.45) is 5.73 Å². The molecule has 0 saturated carbocycles. The van der Waals surface area contributed by atoms with Crippen LogP contribution in [0.4, 0.5) is 0 Å². The summed E-state index contributed by atoms with van der Waals surface area (Å²) in [6.07, 6.45) is 2.82. The molecule has 2 rings (SSSR count). The van der Waals surface area contributed by atoms with Gasteiger partial charge >= 0.3 is 5.97 Å². The predicted molar refractivity (Wildman–Crippen MR) is 75.8 cm³/mol. The fourth-order valence-corrected chi connectivity index (χ4v) is 2.64. The van der Waals surface area contributed by atoms with E-state index in [0.29, 0.717) is 6.42 Å². The lowest BCUT2D eigenvalue weighted by Gasteiger charge is -2.34. The number of nitrogens with two attached hydrogens (primary N) is 1. The Labute approximate surface area is 115 Å². The lowest BCUT2D eigenvalue weighted by Crippen LogP contribution is -2.47. The van der Waals surface area contributed by atoms with E-state index in [1.54, 1.807) is 0 Å². The van der Waals surface area contributed by atoms with Crippen LogP contribution in [-0.2, 0) is 22.4 Å². The Bertz CT molecular complexity index is 476. The molecule has 0 aromatic heterocycles. The van der Waals surface area contributed by atoms with Gasteiger partial charge in [-0.05, 0) is 51.2 Å². The van der Waals surface area contributed by atoms with E-state index in [-0.39, 0.29) is 5.97 Å². The molecule has 1 aliphatic rings. The molecule has 0 heterocycles. The van der Waals surface area contributed by atoms with E-state index >= 15 is 0 Å². The molecule has 1 aromatic carbocycles. The second kappa shape index (κ2) is 4.97. The van der Waals surface area contributed by atoms with Gasteiger partial charge in [0.25, 0.3) is 0 Å². The molecular formula is C16H23NO2. The van der Waals surface area contributed by atoms with E-state index in [1.165, 1.54) is 11.1 Å². The van der Waals surface area contributed by atoms with Crippen molar-refractivity contribution in [3.63, 3.8) is 0 Å². The van der Waals surface area contributed by atoms with Gasteiger partial charge in [-0.15, -0.1) is 0 Å². The summed E-state index contributed by atoms with van der Waals surface area (Å²) in [6.45, 7) is 5.64. The van der Waals surface area contributed by atoms with E-state index in [0.717, 1.165) is 19.3 Å². The van der Waals surface area contributed by atoms with Crippen LogP contribution in [0.1, 0.15) is 44.7 Å². The fraction of sp³-hybridized carbons (Fsp3) is 0.562. The summed E-state index contributed by atoms with van der Waals surface area (Å²) in [6, 6.07) is 8.32. The highest BCUT2D eigenvalue weighted by atomic mass is 16.6. The van der Waals surface area contributed by atoms with Gasteiger partial charge in [-0.2, -0.15) is 0 Å². The minimum absolute atomic E-state index is 0.200. The molecular weight excluding hydrogens is 238 g/mol. The van der Waals surface area contributed by atoms with Crippen molar-refractivity contribution in [2.75, 3.05) is 0 Å². The van der Waals surface area contributed by atoms with Crippen molar-refractivity contribution in [3.05, 3.63) is 35.4 Å². The Morgan fingerprint density at radius 2 is 1.95 bits per heavy atom. The highest BCUT2D eigenvalue weighted by Crippen LogP contribution is 2.30. The lowest BCUT2D eigenvalue weighted by molar-refractivity contribution is -0.156. The second-order valence-corrected chi connectivity index (χ2v) is 6.57. The molecule has 0 fully saturated rings. The molecule has 104 valence electrons. The number of aryl methyl sites for hydroxylation is 1. The molecule has 0 saturated heterocycles. The number of benzene rings is 1. The number of carbonyl (C=O) groups is 1. The highest BCUT2D eigenvalue weighted by molar-refractivity contribution is 5.71. The smallest absolute Gasteiger partial charge is 0.308 e. The van der Waals surface area contributed by atoms with Gasteiger partial charge in [-0.25, -0.2) is 0 Å². The lowest BCUT2D eigenvalue weighted by atomic mass is 9.77.